The van der Waals surface area contributed by atoms with E-state index in [0.717, 1.165) is 58.8 Å². The first kappa shape index (κ1) is 31.1. The van der Waals surface area contributed by atoms with Crippen LogP contribution in [0.25, 0.3) is 22.4 Å². The Balaban J connectivity index is 0.00000337. The Hall–Kier alpha value is -1.31. The second kappa shape index (κ2) is 13.5. The molecule has 4 aromatic rings. The molecule has 0 saturated heterocycles. The topological polar surface area (TPSA) is 53.0 Å². The fourth-order valence-electron chi connectivity index (χ4n) is 5.22. The van der Waals surface area contributed by atoms with Gasteiger partial charge in [0.25, 0.3) is 0 Å². The number of carboxylic acids is 1. The summed E-state index contributed by atoms with van der Waals surface area (Å²) in [7, 11) is 0. The number of carboxylic acid groups (broad SMARTS) is 1. The number of hydrogen-bond acceptors (Lipinski definition) is 5. The summed E-state index contributed by atoms with van der Waals surface area (Å²) >= 11 is 15.9. The fourth-order valence-corrected chi connectivity index (χ4v) is 8.21. The number of thiophene rings is 1. The molecule has 8 heteroatoms. The number of pyridine rings is 1. The van der Waals surface area contributed by atoms with E-state index in [-0.39, 0.29) is 46.6 Å². The molecule has 2 fully saturated rings. The van der Waals surface area contributed by atoms with Crippen molar-refractivity contribution in [2.24, 2.45) is 5.41 Å². The van der Waals surface area contributed by atoms with Crippen LogP contribution in [-0.4, -0.2) is 16.7 Å². The van der Waals surface area contributed by atoms with Crippen LogP contribution in [0.3, 0.4) is 0 Å². The van der Waals surface area contributed by atoms with Crippen LogP contribution in [0, 0.1) is 5.41 Å². The van der Waals surface area contributed by atoms with Crippen LogP contribution in [0.2, 0.25) is 9.36 Å². The molecular weight excluding hydrogens is 600 g/mol. The summed E-state index contributed by atoms with van der Waals surface area (Å²) in [4.78, 5) is 16.0. The number of halogens is 2. The van der Waals surface area contributed by atoms with Crippen molar-refractivity contribution < 1.29 is 39.5 Å². The van der Waals surface area contributed by atoms with Gasteiger partial charge < -0.3 is 9.90 Å². The molecule has 2 aromatic heterocycles. The molecule has 3 nitrogen and oxygen atoms in total. The summed E-state index contributed by atoms with van der Waals surface area (Å²) in [5.41, 5.74) is 6.65. The van der Waals surface area contributed by atoms with Crippen molar-refractivity contribution in [3.63, 3.8) is 0 Å². The van der Waals surface area contributed by atoms with E-state index in [9.17, 15) is 9.90 Å². The molecule has 0 unspecified atom stereocenters. The number of carbonyl (C=O) groups excluding carboxylic acids is 1. The van der Waals surface area contributed by atoms with Gasteiger partial charge in [-0.05, 0) is 102 Å². The third-order valence-corrected chi connectivity index (χ3v) is 11.6. The summed E-state index contributed by atoms with van der Waals surface area (Å²) in [6, 6.07) is 21.8. The van der Waals surface area contributed by atoms with E-state index in [2.05, 4.69) is 59.6 Å². The molecule has 2 aliphatic carbocycles. The number of carbonyl (C=O) groups is 1. The van der Waals surface area contributed by atoms with Crippen molar-refractivity contribution in [3.8, 4) is 0 Å². The fraction of sp³-hybridized carbons (Fsp3) is 0.333. The maximum atomic E-state index is 11.3. The molecule has 0 amide bonds. The van der Waals surface area contributed by atoms with Crippen LogP contribution in [-0.2, 0) is 11.2 Å². The Labute approximate surface area is 282 Å². The first-order valence-corrected chi connectivity index (χ1v) is 16.4. The van der Waals surface area contributed by atoms with Crippen LogP contribution in [0.1, 0.15) is 77.6 Å². The van der Waals surface area contributed by atoms with Gasteiger partial charge in [-0.25, -0.2) is 4.98 Å². The molecule has 6 rings (SSSR count). The zero-order valence-corrected chi connectivity index (χ0v) is 28.2. The minimum atomic E-state index is -0.935. The molecule has 41 heavy (non-hydrogen) atoms. The molecule has 0 radical (unpaired) electrons. The SMILES string of the molecule is O=C([O-])CC1(CS[C@H](CCc2ccc(C3CC3)cc2)c2cccc(C=Cc3ccc4sc(Cl)c(Cl)c4n3)c2)CC1.[Na+]. The summed E-state index contributed by atoms with van der Waals surface area (Å²) in [6.07, 6.45) is 10.8. The standard InChI is InChI=1S/C33H31Cl2NO2S2.Na/c34-30-31-28(40-32(30)35)15-13-26(36-31)12-6-22-2-1-3-25(18-22)27(39-20-33(16-17-33)19-29(37)38)14-7-21-4-8-23(9-5-21)24-10-11-24;/h1-6,8-9,12-13,15,18,24,27H,7,10-11,14,16-17,19-20H2,(H,37,38);/q;+1/p-1/t27-;/m1./s1. The quantitative estimate of drug-likeness (QED) is 0.181. The van der Waals surface area contributed by atoms with Crippen LogP contribution in [0.4, 0.5) is 0 Å². The minimum Gasteiger partial charge on any atom is -0.550 e. The molecule has 0 N–H and O–H groups in total. The number of rotatable bonds is 12. The minimum absolute atomic E-state index is 0. The first-order chi connectivity index (χ1) is 19.4. The van der Waals surface area contributed by atoms with Gasteiger partial charge in [0.05, 0.1) is 15.4 Å². The van der Waals surface area contributed by atoms with E-state index >= 15 is 0 Å². The number of aliphatic carboxylic acids is 1. The number of nitrogens with zero attached hydrogens (tertiary/aromatic N) is 1. The average molecular weight is 631 g/mol. The summed E-state index contributed by atoms with van der Waals surface area (Å²) in [6.45, 7) is 0. The van der Waals surface area contributed by atoms with E-state index < -0.39 is 5.97 Å². The predicted molar refractivity (Wildman–Crippen MR) is 168 cm³/mol. The first-order valence-electron chi connectivity index (χ1n) is 13.8. The third-order valence-electron chi connectivity index (χ3n) is 7.98. The Morgan fingerprint density at radius 3 is 2.59 bits per heavy atom. The van der Waals surface area contributed by atoms with Crippen molar-refractivity contribution in [2.75, 3.05) is 5.75 Å². The van der Waals surface area contributed by atoms with Gasteiger partial charge in [0.1, 0.15) is 9.85 Å². The van der Waals surface area contributed by atoms with Crippen molar-refractivity contribution in [1.29, 1.82) is 0 Å². The molecule has 2 heterocycles. The Bertz CT molecular complexity index is 1560. The van der Waals surface area contributed by atoms with E-state index in [4.69, 9.17) is 23.2 Å². The molecule has 1 atom stereocenters. The second-order valence-electron chi connectivity index (χ2n) is 11.2. The van der Waals surface area contributed by atoms with E-state index in [1.54, 1.807) is 0 Å². The molecule has 0 bridgehead atoms. The van der Waals surface area contributed by atoms with Crippen LogP contribution >= 0.6 is 46.3 Å². The van der Waals surface area contributed by atoms with Gasteiger partial charge in [-0.1, -0.05) is 77.8 Å². The van der Waals surface area contributed by atoms with Gasteiger partial charge in [-0.15, -0.1) is 11.3 Å². The average Bonchev–Trinajstić information content (AvgIpc) is 3.89. The van der Waals surface area contributed by atoms with Crippen molar-refractivity contribution in [1.82, 2.24) is 4.98 Å². The van der Waals surface area contributed by atoms with Crippen molar-refractivity contribution in [3.05, 3.63) is 98.0 Å². The van der Waals surface area contributed by atoms with Gasteiger partial charge in [0, 0.05) is 11.2 Å². The number of hydrogen-bond donors (Lipinski definition) is 0. The Kier molecular flexibility index (Phi) is 10.3. The Morgan fingerprint density at radius 2 is 1.88 bits per heavy atom. The third kappa shape index (κ3) is 8.00. The summed E-state index contributed by atoms with van der Waals surface area (Å²) in [5, 5.41) is 12.1. The summed E-state index contributed by atoms with van der Waals surface area (Å²) < 4.78 is 1.54. The van der Waals surface area contributed by atoms with Gasteiger partial charge in [0.15, 0.2) is 0 Å². The number of aromatic nitrogens is 1. The van der Waals surface area contributed by atoms with Crippen molar-refractivity contribution >= 4 is 74.6 Å². The second-order valence-corrected chi connectivity index (χ2v) is 14.4. The van der Waals surface area contributed by atoms with Crippen molar-refractivity contribution in [2.45, 2.75) is 56.1 Å². The smallest absolute Gasteiger partial charge is 0.550 e. The maximum absolute atomic E-state index is 11.3. The van der Waals surface area contributed by atoms with Gasteiger partial charge in [-0.2, -0.15) is 11.8 Å². The molecule has 0 aliphatic heterocycles. The number of thioether (sulfide) groups is 1. The normalized spacial score (nSPS) is 16.5. The van der Waals surface area contributed by atoms with Crippen LogP contribution < -0.4 is 34.7 Å². The summed E-state index contributed by atoms with van der Waals surface area (Å²) in [5.74, 6) is 0.680. The zero-order valence-electron chi connectivity index (χ0n) is 23.1. The van der Waals surface area contributed by atoms with E-state index in [1.807, 2.05) is 30.0 Å². The molecule has 2 saturated carbocycles. The van der Waals surface area contributed by atoms with E-state index in [0.29, 0.717) is 9.36 Å². The van der Waals surface area contributed by atoms with Gasteiger partial charge in [-0.3, -0.25) is 0 Å². The van der Waals surface area contributed by atoms with E-state index in [1.165, 1.54) is 40.9 Å². The molecule has 2 aromatic carbocycles. The molecule has 0 spiro atoms. The molecule has 206 valence electrons. The predicted octanol–water partition coefficient (Wildman–Crippen LogP) is 5.98. The van der Waals surface area contributed by atoms with Gasteiger partial charge in [0.2, 0.25) is 0 Å². The number of fused-ring (bicyclic) bond motifs is 1. The molecule has 2 aliphatic rings. The maximum Gasteiger partial charge on any atom is 1.00 e. The number of benzene rings is 2. The van der Waals surface area contributed by atoms with Crippen LogP contribution in [0.5, 0.6) is 0 Å². The van der Waals surface area contributed by atoms with Gasteiger partial charge >= 0.3 is 29.6 Å². The molecular formula is C33H30Cl2NNaO2S2. The number of aryl methyl sites for hydroxylation is 1. The Morgan fingerprint density at radius 1 is 1.10 bits per heavy atom. The largest absolute Gasteiger partial charge is 1.00 e. The zero-order chi connectivity index (χ0) is 27.7. The monoisotopic (exact) mass is 629 g/mol. The van der Waals surface area contributed by atoms with Crippen LogP contribution in [0.15, 0.2) is 60.7 Å².